The van der Waals surface area contributed by atoms with Crippen molar-refractivity contribution < 1.29 is 4.92 Å². The first-order valence-electron chi connectivity index (χ1n) is 2.03. The van der Waals surface area contributed by atoms with Crippen molar-refractivity contribution in [3.63, 3.8) is 0 Å². The Morgan fingerprint density at radius 2 is 2.62 bits per heavy atom. The second-order valence-electron chi connectivity index (χ2n) is 1.28. The standard InChI is InChI=1S/C3H3N3O2/c7-6(8)3-1-2-4-5-3/h2H,1H2. The van der Waals surface area contributed by atoms with E-state index in [9.17, 15) is 10.1 Å². The predicted octanol–water partition coefficient (Wildman–Crippen LogP) is 0.0511. The first-order chi connectivity index (χ1) is 3.80. The lowest BCUT2D eigenvalue weighted by molar-refractivity contribution is -0.352. The lowest BCUT2D eigenvalue weighted by atomic mass is 10.5. The monoisotopic (exact) mass is 113 g/mol. The highest BCUT2D eigenvalue weighted by Gasteiger charge is 2.14. The van der Waals surface area contributed by atoms with Gasteiger partial charge in [-0.15, -0.1) is 0 Å². The van der Waals surface area contributed by atoms with Gasteiger partial charge in [-0.2, -0.15) is 0 Å². The van der Waals surface area contributed by atoms with Crippen molar-refractivity contribution in [3.05, 3.63) is 10.1 Å². The third-order valence-corrected chi connectivity index (χ3v) is 0.739. The van der Waals surface area contributed by atoms with Crippen LogP contribution < -0.4 is 0 Å². The fourth-order valence-electron chi connectivity index (χ4n) is 0.382. The minimum Gasteiger partial charge on any atom is -0.358 e. The van der Waals surface area contributed by atoms with Crippen molar-refractivity contribution in [1.82, 2.24) is 0 Å². The van der Waals surface area contributed by atoms with Gasteiger partial charge in [0.05, 0.1) is 17.7 Å². The molecule has 5 heteroatoms. The van der Waals surface area contributed by atoms with E-state index >= 15 is 0 Å². The first kappa shape index (κ1) is 4.89. The minimum absolute atomic E-state index is 0.0787. The summed E-state index contributed by atoms with van der Waals surface area (Å²) in [5.41, 5.74) is 0. The van der Waals surface area contributed by atoms with Crippen LogP contribution in [0.15, 0.2) is 10.2 Å². The average Bonchev–Trinajstić information content (AvgIpc) is 2.12. The molecule has 1 heterocycles. The van der Waals surface area contributed by atoms with E-state index < -0.39 is 4.92 Å². The van der Waals surface area contributed by atoms with Crippen molar-refractivity contribution in [1.29, 1.82) is 0 Å². The molecule has 0 fully saturated rings. The van der Waals surface area contributed by atoms with Crippen molar-refractivity contribution in [3.8, 4) is 0 Å². The van der Waals surface area contributed by atoms with Crippen molar-refractivity contribution in [2.24, 2.45) is 10.2 Å². The molecule has 0 unspecified atom stereocenters. The summed E-state index contributed by atoms with van der Waals surface area (Å²) in [7, 11) is 0. The van der Waals surface area contributed by atoms with Gasteiger partial charge < -0.3 is 10.1 Å². The Kier molecular flexibility index (Phi) is 1.03. The lowest BCUT2D eigenvalue weighted by Gasteiger charge is -1.84. The van der Waals surface area contributed by atoms with Crippen LogP contribution in [0.4, 0.5) is 0 Å². The van der Waals surface area contributed by atoms with Gasteiger partial charge in [-0.25, -0.2) is 0 Å². The highest BCUT2D eigenvalue weighted by Crippen LogP contribution is 1.93. The number of hydrogen-bond acceptors (Lipinski definition) is 4. The SMILES string of the molecule is O=[N+]([O-])C1=NN=CC1. The zero-order chi connectivity index (χ0) is 5.98. The topological polar surface area (TPSA) is 67.9 Å². The summed E-state index contributed by atoms with van der Waals surface area (Å²) in [6.45, 7) is 0. The molecule has 5 nitrogen and oxygen atoms in total. The maximum Gasteiger partial charge on any atom is 0.371 e. The molecule has 0 bridgehead atoms. The summed E-state index contributed by atoms with van der Waals surface area (Å²) in [4.78, 5) is 9.26. The molecular formula is C3H3N3O2. The zero-order valence-electron chi connectivity index (χ0n) is 3.94. The van der Waals surface area contributed by atoms with Gasteiger partial charge in [0.1, 0.15) is 0 Å². The highest BCUT2D eigenvalue weighted by atomic mass is 16.6. The van der Waals surface area contributed by atoms with Crippen LogP contribution in [0.1, 0.15) is 6.42 Å². The Morgan fingerprint density at radius 1 is 1.88 bits per heavy atom. The summed E-state index contributed by atoms with van der Waals surface area (Å²) < 4.78 is 0. The molecule has 0 aromatic rings. The van der Waals surface area contributed by atoms with Crippen LogP contribution in [0.25, 0.3) is 0 Å². The predicted molar refractivity (Wildman–Crippen MR) is 27.5 cm³/mol. The van der Waals surface area contributed by atoms with Gasteiger partial charge in [0.15, 0.2) is 0 Å². The number of amidine groups is 1. The van der Waals surface area contributed by atoms with Gasteiger partial charge in [0.2, 0.25) is 0 Å². The zero-order valence-corrected chi connectivity index (χ0v) is 3.94. The van der Waals surface area contributed by atoms with E-state index in [0.29, 0.717) is 0 Å². The van der Waals surface area contributed by atoms with Gasteiger partial charge in [-0.3, -0.25) is 0 Å². The maximum atomic E-state index is 9.80. The Hall–Kier alpha value is -1.26. The second-order valence-corrected chi connectivity index (χ2v) is 1.28. The molecule has 1 aliphatic heterocycles. The van der Waals surface area contributed by atoms with E-state index in [1.54, 1.807) is 0 Å². The Balaban J connectivity index is 2.64. The molecule has 0 saturated carbocycles. The summed E-state index contributed by atoms with van der Waals surface area (Å²) in [6, 6.07) is 0. The maximum absolute atomic E-state index is 9.80. The Labute approximate surface area is 44.9 Å². The van der Waals surface area contributed by atoms with Gasteiger partial charge >= 0.3 is 5.84 Å². The summed E-state index contributed by atoms with van der Waals surface area (Å²) in [6.07, 6.45) is 1.66. The van der Waals surface area contributed by atoms with E-state index in [1.807, 2.05) is 0 Å². The fraction of sp³-hybridized carbons (Fsp3) is 0.333. The van der Waals surface area contributed by atoms with E-state index in [0.717, 1.165) is 0 Å². The van der Waals surface area contributed by atoms with Gasteiger partial charge in [-0.1, -0.05) is 0 Å². The van der Waals surface area contributed by atoms with E-state index in [2.05, 4.69) is 10.2 Å². The molecule has 0 N–H and O–H groups in total. The summed E-state index contributed by atoms with van der Waals surface area (Å²) >= 11 is 0. The van der Waals surface area contributed by atoms with Gasteiger partial charge in [-0.05, 0) is 10.0 Å². The smallest absolute Gasteiger partial charge is 0.358 e. The van der Waals surface area contributed by atoms with E-state index in [-0.39, 0.29) is 12.3 Å². The lowest BCUT2D eigenvalue weighted by Crippen LogP contribution is -2.08. The largest absolute Gasteiger partial charge is 0.371 e. The van der Waals surface area contributed by atoms with Crippen LogP contribution in [0.2, 0.25) is 0 Å². The summed E-state index contributed by atoms with van der Waals surface area (Å²) in [5, 5.41) is 16.3. The van der Waals surface area contributed by atoms with Crippen molar-refractivity contribution in [2.45, 2.75) is 6.42 Å². The van der Waals surface area contributed by atoms with Crippen molar-refractivity contribution in [2.75, 3.05) is 0 Å². The molecule has 0 aromatic carbocycles. The third kappa shape index (κ3) is 0.699. The van der Waals surface area contributed by atoms with Crippen LogP contribution in [0, 0.1) is 10.1 Å². The molecule has 1 rings (SSSR count). The molecule has 0 aliphatic carbocycles. The molecule has 8 heavy (non-hydrogen) atoms. The number of hydrogen-bond donors (Lipinski definition) is 0. The molecule has 42 valence electrons. The normalized spacial score (nSPS) is 16.2. The molecular weight excluding hydrogens is 110 g/mol. The van der Waals surface area contributed by atoms with Crippen LogP contribution in [0.5, 0.6) is 0 Å². The average molecular weight is 113 g/mol. The number of nitrogens with zero attached hydrogens (tertiary/aromatic N) is 3. The van der Waals surface area contributed by atoms with Gasteiger partial charge in [0.25, 0.3) is 0 Å². The summed E-state index contributed by atoms with van der Waals surface area (Å²) in [5.74, 6) is -0.0787. The molecule has 0 spiro atoms. The fourth-order valence-corrected chi connectivity index (χ4v) is 0.382. The molecule has 1 aliphatic rings. The van der Waals surface area contributed by atoms with Crippen molar-refractivity contribution >= 4 is 12.1 Å². The number of rotatable bonds is 0. The Bertz CT molecular complexity index is 171. The number of nitro groups is 1. The minimum atomic E-state index is -0.535. The molecule has 0 aromatic heterocycles. The third-order valence-electron chi connectivity index (χ3n) is 0.739. The molecule has 0 amide bonds. The van der Waals surface area contributed by atoms with Crippen LogP contribution in [0.3, 0.4) is 0 Å². The first-order valence-corrected chi connectivity index (χ1v) is 2.03. The molecule has 0 atom stereocenters. The highest BCUT2D eigenvalue weighted by molar-refractivity contribution is 5.91. The quantitative estimate of drug-likeness (QED) is 0.329. The van der Waals surface area contributed by atoms with E-state index in [1.165, 1.54) is 6.21 Å². The Morgan fingerprint density at radius 3 is 2.88 bits per heavy atom. The van der Waals surface area contributed by atoms with Crippen LogP contribution in [-0.4, -0.2) is 17.0 Å². The second kappa shape index (κ2) is 1.69. The molecule has 0 radical (unpaired) electrons. The van der Waals surface area contributed by atoms with Crippen LogP contribution in [-0.2, 0) is 0 Å². The van der Waals surface area contributed by atoms with E-state index in [4.69, 9.17) is 0 Å². The van der Waals surface area contributed by atoms with Crippen LogP contribution >= 0.6 is 0 Å². The van der Waals surface area contributed by atoms with Gasteiger partial charge in [0, 0.05) is 0 Å². The molecule has 0 saturated heterocycles.